The number of aliphatic hydroxyl groups is 3. The lowest BCUT2D eigenvalue weighted by Gasteiger charge is -2.19. The van der Waals surface area contributed by atoms with Gasteiger partial charge >= 0.3 is 0 Å². The summed E-state index contributed by atoms with van der Waals surface area (Å²) >= 11 is 0. The first-order valence-electron chi connectivity index (χ1n) is 7.82. The maximum absolute atomic E-state index is 10.2. The maximum atomic E-state index is 10.2. The van der Waals surface area contributed by atoms with E-state index >= 15 is 0 Å². The molecule has 0 saturated heterocycles. The van der Waals surface area contributed by atoms with E-state index in [2.05, 4.69) is 15.3 Å². The number of aliphatic hydroxyl groups excluding tert-OH is 3. The molecule has 8 nitrogen and oxygen atoms in total. The zero-order valence-corrected chi connectivity index (χ0v) is 14.5. The summed E-state index contributed by atoms with van der Waals surface area (Å²) in [6.45, 7) is 2.64. The Morgan fingerprint density at radius 1 is 1.00 bits per heavy atom. The van der Waals surface area contributed by atoms with Crippen LogP contribution in [-0.2, 0) is 26.4 Å². The van der Waals surface area contributed by atoms with E-state index < -0.39 is 0 Å². The van der Waals surface area contributed by atoms with Crippen LogP contribution in [0.4, 0.5) is 0 Å². The molecule has 0 aliphatic carbocycles. The number of aromatic nitrogens is 2. The molecule has 0 aliphatic rings. The number of aromatic hydroxyl groups is 1. The fourth-order valence-electron chi connectivity index (χ4n) is 2.60. The van der Waals surface area contributed by atoms with Crippen LogP contribution in [0.15, 0.2) is 6.20 Å². The van der Waals surface area contributed by atoms with E-state index in [4.69, 9.17) is 4.74 Å². The number of nitrogens with zero attached hydrogens (tertiary/aromatic N) is 2. The fourth-order valence-corrected chi connectivity index (χ4v) is 2.60. The third-order valence-corrected chi connectivity index (χ3v) is 3.96. The Hall–Kier alpha value is -2.26. The topological polar surface area (TPSA) is 128 Å². The van der Waals surface area contributed by atoms with Crippen LogP contribution >= 0.6 is 0 Å². The Labute approximate surface area is 145 Å². The average molecular weight is 349 g/mol. The van der Waals surface area contributed by atoms with Crippen molar-refractivity contribution in [2.45, 2.75) is 40.2 Å². The Balaban J connectivity index is 2.62. The number of rotatable bonds is 7. The highest BCUT2D eigenvalue weighted by Gasteiger charge is 2.21. The van der Waals surface area contributed by atoms with Gasteiger partial charge in [0.15, 0.2) is 5.75 Å². The smallest absolute Gasteiger partial charge is 0.225 e. The van der Waals surface area contributed by atoms with E-state index in [0.29, 0.717) is 40.2 Å². The van der Waals surface area contributed by atoms with E-state index in [9.17, 15) is 20.4 Å². The van der Waals surface area contributed by atoms with E-state index in [-0.39, 0.29) is 37.2 Å². The van der Waals surface area contributed by atoms with Crippen molar-refractivity contribution in [2.75, 3.05) is 7.05 Å². The molecule has 0 bridgehead atoms. The minimum absolute atomic E-state index is 0.00733. The second kappa shape index (κ2) is 8.21. The molecule has 8 heteroatoms. The number of hydrogen-bond donors (Lipinski definition) is 5. The SMILES string of the molecule is CNCc1c(O)c(C)nc(Oc2c(C)ncc(CO)c2CO)c1CO. The van der Waals surface area contributed by atoms with Gasteiger partial charge in [0.1, 0.15) is 5.75 Å². The van der Waals surface area contributed by atoms with Crippen LogP contribution in [0.25, 0.3) is 0 Å². The Morgan fingerprint density at radius 3 is 2.24 bits per heavy atom. The van der Waals surface area contributed by atoms with Crippen molar-refractivity contribution in [3.8, 4) is 17.4 Å². The molecule has 0 spiro atoms. The molecule has 2 aromatic heterocycles. The zero-order chi connectivity index (χ0) is 18.6. The molecule has 2 heterocycles. The summed E-state index contributed by atoms with van der Waals surface area (Å²) < 4.78 is 5.87. The van der Waals surface area contributed by atoms with Gasteiger partial charge in [-0.25, -0.2) is 4.98 Å². The predicted molar refractivity (Wildman–Crippen MR) is 90.2 cm³/mol. The average Bonchev–Trinajstić information content (AvgIpc) is 2.61. The maximum Gasteiger partial charge on any atom is 0.225 e. The van der Waals surface area contributed by atoms with Gasteiger partial charge < -0.3 is 30.5 Å². The molecule has 0 fully saturated rings. The van der Waals surface area contributed by atoms with Crippen molar-refractivity contribution < 1.29 is 25.2 Å². The summed E-state index contributed by atoms with van der Waals surface area (Å²) in [6.07, 6.45) is 1.47. The molecule has 0 amide bonds. The normalized spacial score (nSPS) is 11.0. The second-order valence-corrected chi connectivity index (χ2v) is 5.59. The molecular weight excluding hydrogens is 326 g/mol. The number of pyridine rings is 2. The molecular formula is C17H23N3O5. The van der Waals surface area contributed by atoms with Crippen LogP contribution in [0.5, 0.6) is 17.4 Å². The molecule has 136 valence electrons. The number of hydrogen-bond acceptors (Lipinski definition) is 8. The molecule has 2 rings (SSSR count). The highest BCUT2D eigenvalue weighted by Crippen LogP contribution is 2.36. The largest absolute Gasteiger partial charge is 0.506 e. The summed E-state index contributed by atoms with van der Waals surface area (Å²) in [5.41, 5.74) is 2.54. The van der Waals surface area contributed by atoms with Crippen molar-refractivity contribution in [1.82, 2.24) is 15.3 Å². The number of nitrogens with one attached hydrogen (secondary N) is 1. The predicted octanol–water partition coefficient (Wildman–Crippen LogP) is 0.788. The van der Waals surface area contributed by atoms with Crippen LogP contribution in [0.2, 0.25) is 0 Å². The monoisotopic (exact) mass is 349 g/mol. The summed E-state index contributed by atoms with van der Waals surface area (Å²) in [5.74, 6) is 0.390. The standard InChI is InChI=1S/C17H23N3O5/c1-9-15(24)12(5-18-3)14(8-23)17(20-9)25-16-10(2)19-4-11(6-21)13(16)7-22/h4,18,21-24H,5-8H2,1-3H3. The van der Waals surface area contributed by atoms with Gasteiger partial charge in [-0.2, -0.15) is 0 Å². The summed E-state index contributed by atoms with van der Waals surface area (Å²) in [4.78, 5) is 8.38. The van der Waals surface area contributed by atoms with Gasteiger partial charge in [-0.3, -0.25) is 4.98 Å². The highest BCUT2D eigenvalue weighted by molar-refractivity contribution is 5.50. The van der Waals surface area contributed by atoms with E-state index in [1.54, 1.807) is 20.9 Å². The lowest BCUT2D eigenvalue weighted by atomic mass is 10.1. The van der Waals surface area contributed by atoms with Crippen molar-refractivity contribution in [2.24, 2.45) is 0 Å². The molecule has 0 aromatic carbocycles. The molecule has 0 aliphatic heterocycles. The van der Waals surface area contributed by atoms with Crippen LogP contribution in [0.1, 0.15) is 33.6 Å². The van der Waals surface area contributed by atoms with Gasteiger partial charge in [0.25, 0.3) is 0 Å². The zero-order valence-electron chi connectivity index (χ0n) is 14.5. The minimum atomic E-state index is -0.381. The van der Waals surface area contributed by atoms with Gasteiger partial charge in [-0.1, -0.05) is 0 Å². The third-order valence-electron chi connectivity index (χ3n) is 3.96. The Bertz CT molecular complexity index is 765. The quantitative estimate of drug-likeness (QED) is 0.496. The highest BCUT2D eigenvalue weighted by atomic mass is 16.5. The fraction of sp³-hybridized carbons (Fsp3) is 0.412. The van der Waals surface area contributed by atoms with Crippen LogP contribution in [0, 0.1) is 13.8 Å². The first-order valence-corrected chi connectivity index (χ1v) is 7.82. The van der Waals surface area contributed by atoms with Crippen molar-refractivity contribution in [3.05, 3.63) is 39.8 Å². The van der Waals surface area contributed by atoms with Crippen LogP contribution < -0.4 is 10.1 Å². The van der Waals surface area contributed by atoms with Crippen LogP contribution in [0.3, 0.4) is 0 Å². The molecule has 0 radical (unpaired) electrons. The van der Waals surface area contributed by atoms with Gasteiger partial charge in [0, 0.05) is 35.0 Å². The molecule has 25 heavy (non-hydrogen) atoms. The van der Waals surface area contributed by atoms with Gasteiger partial charge in [-0.15, -0.1) is 0 Å². The van der Waals surface area contributed by atoms with Crippen molar-refractivity contribution in [3.63, 3.8) is 0 Å². The first-order chi connectivity index (χ1) is 12.0. The van der Waals surface area contributed by atoms with Crippen molar-refractivity contribution in [1.29, 1.82) is 0 Å². The Morgan fingerprint density at radius 2 is 1.68 bits per heavy atom. The summed E-state index contributed by atoms with van der Waals surface area (Å²) in [6, 6.07) is 0. The molecule has 0 saturated carbocycles. The molecule has 2 aromatic rings. The first kappa shape index (κ1) is 19.1. The van der Waals surface area contributed by atoms with Gasteiger partial charge in [0.05, 0.1) is 31.2 Å². The molecule has 0 atom stereocenters. The number of ether oxygens (including phenoxy) is 1. The number of aryl methyl sites for hydroxylation is 2. The summed E-state index contributed by atoms with van der Waals surface area (Å²) in [5, 5.41) is 42.0. The molecule has 0 unspecified atom stereocenters. The van der Waals surface area contributed by atoms with Gasteiger partial charge in [-0.05, 0) is 20.9 Å². The third kappa shape index (κ3) is 3.72. The minimum Gasteiger partial charge on any atom is -0.506 e. The second-order valence-electron chi connectivity index (χ2n) is 5.59. The molecule has 5 N–H and O–H groups in total. The lowest BCUT2D eigenvalue weighted by Crippen LogP contribution is -2.12. The summed E-state index contributed by atoms with van der Waals surface area (Å²) in [7, 11) is 1.72. The van der Waals surface area contributed by atoms with Crippen LogP contribution in [-0.4, -0.2) is 37.4 Å². The van der Waals surface area contributed by atoms with Gasteiger partial charge in [0.2, 0.25) is 5.88 Å². The lowest BCUT2D eigenvalue weighted by molar-refractivity contribution is 0.252. The van der Waals surface area contributed by atoms with E-state index in [1.165, 1.54) is 6.20 Å². The van der Waals surface area contributed by atoms with E-state index in [1.807, 2.05) is 0 Å². The van der Waals surface area contributed by atoms with Crippen molar-refractivity contribution >= 4 is 0 Å². The van der Waals surface area contributed by atoms with E-state index in [0.717, 1.165) is 0 Å². The Kier molecular flexibility index (Phi) is 6.27.